The second-order valence-corrected chi connectivity index (χ2v) is 3.92. The van der Waals surface area contributed by atoms with Crippen LogP contribution in [0, 0.1) is 6.92 Å². The normalized spacial score (nSPS) is 12.8. The van der Waals surface area contributed by atoms with Crippen molar-refractivity contribution in [2.75, 3.05) is 7.05 Å². The van der Waals surface area contributed by atoms with Gasteiger partial charge < -0.3 is 5.11 Å². The molecule has 3 nitrogen and oxygen atoms in total. The van der Waals surface area contributed by atoms with Gasteiger partial charge in [-0.25, -0.2) is 0 Å². The van der Waals surface area contributed by atoms with Gasteiger partial charge in [-0.05, 0) is 26.5 Å². The lowest BCUT2D eigenvalue weighted by atomic mass is 10.1. The summed E-state index contributed by atoms with van der Waals surface area (Å²) < 4.78 is 0. The van der Waals surface area contributed by atoms with Crippen molar-refractivity contribution in [3.05, 3.63) is 35.4 Å². The summed E-state index contributed by atoms with van der Waals surface area (Å²) in [6.45, 7) is 4.39. The van der Waals surface area contributed by atoms with E-state index in [0.717, 1.165) is 5.56 Å². The number of aliphatic carboxylic acids is 1. The lowest BCUT2D eigenvalue weighted by Gasteiger charge is -2.21. The SMILES string of the molecule is Cc1cccc(CN(C)C(C)C(=O)O)c1. The van der Waals surface area contributed by atoms with Crippen molar-refractivity contribution in [2.45, 2.75) is 26.4 Å². The molecule has 0 saturated heterocycles. The molecule has 1 aromatic rings. The minimum Gasteiger partial charge on any atom is -0.480 e. The third-order valence-corrected chi connectivity index (χ3v) is 2.53. The van der Waals surface area contributed by atoms with Crippen LogP contribution in [0.25, 0.3) is 0 Å². The molecule has 0 heterocycles. The zero-order valence-electron chi connectivity index (χ0n) is 9.40. The van der Waals surface area contributed by atoms with Crippen molar-refractivity contribution in [2.24, 2.45) is 0 Å². The zero-order valence-corrected chi connectivity index (χ0v) is 9.40. The fraction of sp³-hybridized carbons (Fsp3) is 0.417. The van der Waals surface area contributed by atoms with Gasteiger partial charge in [-0.2, -0.15) is 0 Å². The summed E-state index contributed by atoms with van der Waals surface area (Å²) in [7, 11) is 1.82. The number of hydrogen-bond acceptors (Lipinski definition) is 2. The van der Waals surface area contributed by atoms with Gasteiger partial charge in [0.05, 0.1) is 0 Å². The third-order valence-electron chi connectivity index (χ3n) is 2.53. The van der Waals surface area contributed by atoms with Gasteiger partial charge in [-0.15, -0.1) is 0 Å². The van der Waals surface area contributed by atoms with Crippen molar-refractivity contribution < 1.29 is 9.90 Å². The van der Waals surface area contributed by atoms with Crippen molar-refractivity contribution in [1.29, 1.82) is 0 Å². The molecule has 0 radical (unpaired) electrons. The van der Waals surface area contributed by atoms with Crippen molar-refractivity contribution in [1.82, 2.24) is 4.90 Å². The number of nitrogens with zero attached hydrogens (tertiary/aromatic N) is 1. The number of benzene rings is 1. The first-order chi connectivity index (χ1) is 7.00. The van der Waals surface area contributed by atoms with E-state index in [2.05, 4.69) is 6.07 Å². The van der Waals surface area contributed by atoms with E-state index in [0.29, 0.717) is 6.54 Å². The van der Waals surface area contributed by atoms with E-state index < -0.39 is 12.0 Å². The van der Waals surface area contributed by atoms with Crippen LogP contribution in [-0.2, 0) is 11.3 Å². The van der Waals surface area contributed by atoms with E-state index in [1.165, 1.54) is 5.56 Å². The van der Waals surface area contributed by atoms with Gasteiger partial charge in [-0.1, -0.05) is 29.8 Å². The molecule has 15 heavy (non-hydrogen) atoms. The van der Waals surface area contributed by atoms with Crippen LogP contribution in [0.5, 0.6) is 0 Å². The highest BCUT2D eigenvalue weighted by Gasteiger charge is 2.16. The van der Waals surface area contributed by atoms with Crippen LogP contribution in [0.1, 0.15) is 18.1 Å². The Morgan fingerprint density at radius 1 is 1.53 bits per heavy atom. The quantitative estimate of drug-likeness (QED) is 0.819. The highest BCUT2D eigenvalue weighted by atomic mass is 16.4. The molecular weight excluding hydrogens is 190 g/mol. The topological polar surface area (TPSA) is 40.5 Å². The average Bonchev–Trinajstić information content (AvgIpc) is 2.16. The summed E-state index contributed by atoms with van der Waals surface area (Å²) in [5.41, 5.74) is 2.34. The molecule has 3 heteroatoms. The monoisotopic (exact) mass is 207 g/mol. The summed E-state index contributed by atoms with van der Waals surface area (Å²) >= 11 is 0. The molecule has 0 saturated carbocycles. The number of rotatable bonds is 4. The second-order valence-electron chi connectivity index (χ2n) is 3.92. The smallest absolute Gasteiger partial charge is 0.320 e. The van der Waals surface area contributed by atoms with E-state index in [4.69, 9.17) is 5.11 Å². The van der Waals surface area contributed by atoms with Gasteiger partial charge in [-0.3, -0.25) is 9.69 Å². The van der Waals surface area contributed by atoms with Crippen LogP contribution in [-0.4, -0.2) is 29.1 Å². The van der Waals surface area contributed by atoms with E-state index >= 15 is 0 Å². The Morgan fingerprint density at radius 3 is 2.73 bits per heavy atom. The fourth-order valence-electron chi connectivity index (χ4n) is 1.42. The molecule has 0 aliphatic rings. The van der Waals surface area contributed by atoms with E-state index in [1.807, 2.05) is 37.1 Å². The van der Waals surface area contributed by atoms with Crippen molar-refractivity contribution in [3.8, 4) is 0 Å². The Labute approximate surface area is 90.3 Å². The highest BCUT2D eigenvalue weighted by molar-refractivity contribution is 5.72. The molecule has 82 valence electrons. The molecule has 1 unspecified atom stereocenters. The maximum atomic E-state index is 10.8. The number of aryl methyl sites for hydroxylation is 1. The first-order valence-corrected chi connectivity index (χ1v) is 4.99. The molecule has 1 rings (SSSR count). The van der Waals surface area contributed by atoms with Crippen molar-refractivity contribution >= 4 is 5.97 Å². The fourth-order valence-corrected chi connectivity index (χ4v) is 1.42. The van der Waals surface area contributed by atoms with Crippen molar-refractivity contribution in [3.63, 3.8) is 0 Å². The number of carboxylic acid groups (broad SMARTS) is 1. The number of likely N-dealkylation sites (N-methyl/N-ethyl adjacent to an activating group) is 1. The van der Waals surface area contributed by atoms with Crippen LogP contribution in [0.2, 0.25) is 0 Å². The molecule has 1 atom stereocenters. The van der Waals surface area contributed by atoms with Crippen LogP contribution in [0.4, 0.5) is 0 Å². The Balaban J connectivity index is 2.66. The zero-order chi connectivity index (χ0) is 11.4. The molecule has 1 aromatic carbocycles. The molecule has 0 fully saturated rings. The minimum absolute atomic E-state index is 0.453. The Bertz CT molecular complexity index is 349. The van der Waals surface area contributed by atoms with Gasteiger partial charge in [0.25, 0.3) is 0 Å². The second kappa shape index (κ2) is 4.94. The number of carboxylic acids is 1. The number of carbonyl (C=O) groups is 1. The van der Waals surface area contributed by atoms with Crippen LogP contribution in [0.15, 0.2) is 24.3 Å². The Hall–Kier alpha value is -1.35. The van der Waals surface area contributed by atoms with Gasteiger partial charge in [0.15, 0.2) is 0 Å². The highest BCUT2D eigenvalue weighted by Crippen LogP contribution is 2.08. The van der Waals surface area contributed by atoms with E-state index in [-0.39, 0.29) is 0 Å². The molecule has 0 aromatic heterocycles. The Kier molecular flexibility index (Phi) is 3.86. The summed E-state index contributed by atoms with van der Waals surface area (Å²) in [6, 6.07) is 7.66. The van der Waals surface area contributed by atoms with Crippen LogP contribution < -0.4 is 0 Å². The Morgan fingerprint density at radius 2 is 2.20 bits per heavy atom. The summed E-state index contributed by atoms with van der Waals surface area (Å²) in [5.74, 6) is -0.787. The van der Waals surface area contributed by atoms with Gasteiger partial charge >= 0.3 is 5.97 Å². The molecule has 0 bridgehead atoms. The summed E-state index contributed by atoms with van der Waals surface area (Å²) in [5, 5.41) is 8.84. The maximum absolute atomic E-state index is 10.8. The van der Waals surface area contributed by atoms with Gasteiger partial charge in [0.2, 0.25) is 0 Å². The molecule has 0 spiro atoms. The van der Waals surface area contributed by atoms with E-state index in [1.54, 1.807) is 6.92 Å². The third kappa shape index (κ3) is 3.36. The number of hydrogen-bond donors (Lipinski definition) is 1. The predicted molar refractivity (Wildman–Crippen MR) is 59.7 cm³/mol. The molecule has 0 amide bonds. The van der Waals surface area contributed by atoms with E-state index in [9.17, 15) is 4.79 Å². The largest absolute Gasteiger partial charge is 0.480 e. The lowest BCUT2D eigenvalue weighted by Crippen LogP contribution is -2.35. The molecule has 0 aliphatic carbocycles. The predicted octanol–water partition coefficient (Wildman–Crippen LogP) is 1.90. The maximum Gasteiger partial charge on any atom is 0.320 e. The average molecular weight is 207 g/mol. The standard InChI is InChI=1S/C12H17NO2/c1-9-5-4-6-11(7-9)8-13(3)10(2)12(14)15/h4-7,10H,8H2,1-3H3,(H,14,15). The molecule has 0 aliphatic heterocycles. The molecular formula is C12H17NO2. The minimum atomic E-state index is -0.787. The lowest BCUT2D eigenvalue weighted by molar-refractivity contribution is -0.142. The van der Waals surface area contributed by atoms with Crippen LogP contribution in [0.3, 0.4) is 0 Å². The first kappa shape index (κ1) is 11.7. The van der Waals surface area contributed by atoms with Gasteiger partial charge in [0.1, 0.15) is 6.04 Å². The van der Waals surface area contributed by atoms with Crippen LogP contribution >= 0.6 is 0 Å². The molecule has 1 N–H and O–H groups in total. The first-order valence-electron chi connectivity index (χ1n) is 4.99. The summed E-state index contributed by atoms with van der Waals surface area (Å²) in [6.07, 6.45) is 0. The van der Waals surface area contributed by atoms with Gasteiger partial charge in [0, 0.05) is 6.54 Å². The summed E-state index contributed by atoms with van der Waals surface area (Å²) in [4.78, 5) is 12.6.